The Hall–Kier alpha value is -2.61. The van der Waals surface area contributed by atoms with E-state index in [0.29, 0.717) is 23.3 Å². The first-order chi connectivity index (χ1) is 12.9. The van der Waals surface area contributed by atoms with E-state index < -0.39 is 18.5 Å². The molecule has 1 aliphatic rings. The number of hydrogen-bond acceptors (Lipinski definition) is 5. The monoisotopic (exact) mass is 369 g/mol. The molecular formula is C22H27NO4. The zero-order chi connectivity index (χ0) is 19.8. The molecule has 27 heavy (non-hydrogen) atoms. The highest BCUT2D eigenvalue weighted by Crippen LogP contribution is 2.35. The standard InChI is InChI=1S/C22H27NO4/c1-15(2)19-10-9-16(3)11-20(19)27-21(24)14-26-22(25)18(13-23)12-17-7-5-4-6-8-17/h4-8,12,15-16,19-20H,9-11,14H2,1-3H3. The van der Waals surface area contributed by atoms with Crippen molar-refractivity contribution < 1.29 is 19.1 Å². The molecule has 0 N–H and O–H groups in total. The third-order valence-corrected chi connectivity index (χ3v) is 5.02. The third kappa shape index (κ3) is 6.25. The van der Waals surface area contributed by atoms with Crippen LogP contribution in [-0.4, -0.2) is 24.6 Å². The molecule has 1 saturated carbocycles. The second-order valence-corrected chi connectivity index (χ2v) is 7.51. The molecule has 144 valence electrons. The lowest BCUT2D eigenvalue weighted by Gasteiger charge is -2.36. The highest BCUT2D eigenvalue weighted by molar-refractivity contribution is 5.98. The van der Waals surface area contributed by atoms with Crippen LogP contribution in [-0.2, 0) is 19.1 Å². The molecule has 1 fully saturated rings. The highest BCUT2D eigenvalue weighted by atomic mass is 16.6. The van der Waals surface area contributed by atoms with E-state index in [1.807, 2.05) is 12.1 Å². The molecule has 0 aliphatic heterocycles. The smallest absolute Gasteiger partial charge is 0.349 e. The van der Waals surface area contributed by atoms with E-state index in [1.165, 1.54) is 6.08 Å². The van der Waals surface area contributed by atoms with Gasteiger partial charge < -0.3 is 9.47 Å². The predicted octanol–water partition coefficient (Wildman–Crippen LogP) is 4.14. The van der Waals surface area contributed by atoms with Crippen molar-refractivity contribution in [2.45, 2.75) is 46.1 Å². The Balaban J connectivity index is 1.91. The summed E-state index contributed by atoms with van der Waals surface area (Å²) in [4.78, 5) is 24.2. The van der Waals surface area contributed by atoms with Crippen LogP contribution in [0, 0.1) is 29.1 Å². The Kier molecular flexibility index (Phi) is 7.60. The van der Waals surface area contributed by atoms with Gasteiger partial charge in [0.1, 0.15) is 17.7 Å². The SMILES string of the molecule is CC1CCC(C(C)C)C(OC(=O)COC(=O)C(C#N)=Cc2ccccc2)C1. The van der Waals surface area contributed by atoms with E-state index in [-0.39, 0.29) is 11.7 Å². The molecule has 0 saturated heterocycles. The van der Waals surface area contributed by atoms with Crippen LogP contribution in [0.25, 0.3) is 6.08 Å². The molecule has 3 atom stereocenters. The lowest BCUT2D eigenvalue weighted by atomic mass is 9.75. The summed E-state index contributed by atoms with van der Waals surface area (Å²) in [6.45, 7) is 5.94. The zero-order valence-corrected chi connectivity index (χ0v) is 16.2. The van der Waals surface area contributed by atoms with Crippen LogP contribution in [0.2, 0.25) is 0 Å². The molecule has 0 spiro atoms. The fourth-order valence-electron chi connectivity index (χ4n) is 3.51. The van der Waals surface area contributed by atoms with Gasteiger partial charge in [0.25, 0.3) is 0 Å². The Morgan fingerprint density at radius 1 is 1.26 bits per heavy atom. The first-order valence-corrected chi connectivity index (χ1v) is 9.44. The fraction of sp³-hybridized carbons (Fsp3) is 0.500. The van der Waals surface area contributed by atoms with E-state index in [0.717, 1.165) is 19.3 Å². The van der Waals surface area contributed by atoms with Crippen molar-refractivity contribution in [3.05, 3.63) is 41.5 Å². The first kappa shape index (κ1) is 20.7. The lowest BCUT2D eigenvalue weighted by Crippen LogP contribution is -2.36. The fourth-order valence-corrected chi connectivity index (χ4v) is 3.51. The van der Waals surface area contributed by atoms with Crippen LogP contribution in [0.5, 0.6) is 0 Å². The van der Waals surface area contributed by atoms with Crippen molar-refractivity contribution >= 4 is 18.0 Å². The van der Waals surface area contributed by atoms with Gasteiger partial charge >= 0.3 is 11.9 Å². The summed E-state index contributed by atoms with van der Waals surface area (Å²) in [5, 5.41) is 9.17. The summed E-state index contributed by atoms with van der Waals surface area (Å²) in [5.41, 5.74) is 0.560. The first-order valence-electron chi connectivity index (χ1n) is 9.44. The van der Waals surface area contributed by atoms with Gasteiger partial charge in [0.2, 0.25) is 0 Å². The molecule has 1 aromatic rings. The maximum atomic E-state index is 12.2. The van der Waals surface area contributed by atoms with Crippen molar-refractivity contribution in [1.29, 1.82) is 5.26 Å². The van der Waals surface area contributed by atoms with Gasteiger partial charge in [-0.25, -0.2) is 9.59 Å². The summed E-state index contributed by atoms with van der Waals surface area (Å²) in [7, 11) is 0. The molecular weight excluding hydrogens is 342 g/mol. The maximum absolute atomic E-state index is 12.2. The highest BCUT2D eigenvalue weighted by Gasteiger charge is 2.33. The maximum Gasteiger partial charge on any atom is 0.349 e. The van der Waals surface area contributed by atoms with Gasteiger partial charge in [-0.3, -0.25) is 0 Å². The van der Waals surface area contributed by atoms with Gasteiger partial charge in [-0.2, -0.15) is 5.26 Å². The molecule has 1 aliphatic carbocycles. The van der Waals surface area contributed by atoms with Gasteiger partial charge in [-0.1, -0.05) is 57.5 Å². The molecule has 0 heterocycles. The Morgan fingerprint density at radius 2 is 1.96 bits per heavy atom. The van der Waals surface area contributed by atoms with Crippen molar-refractivity contribution in [2.24, 2.45) is 17.8 Å². The topological polar surface area (TPSA) is 76.4 Å². The molecule has 1 aromatic carbocycles. The van der Waals surface area contributed by atoms with Crippen LogP contribution >= 0.6 is 0 Å². The summed E-state index contributed by atoms with van der Waals surface area (Å²) >= 11 is 0. The normalized spacial score (nSPS) is 22.8. The Labute approximate surface area is 161 Å². The quantitative estimate of drug-likeness (QED) is 0.428. The van der Waals surface area contributed by atoms with E-state index >= 15 is 0 Å². The van der Waals surface area contributed by atoms with E-state index in [4.69, 9.17) is 9.47 Å². The van der Waals surface area contributed by atoms with Gasteiger partial charge in [-0.15, -0.1) is 0 Å². The summed E-state index contributed by atoms with van der Waals surface area (Å²) in [5.74, 6) is -0.120. The molecule has 0 amide bonds. The summed E-state index contributed by atoms with van der Waals surface area (Å²) < 4.78 is 10.6. The molecule has 5 nitrogen and oxygen atoms in total. The van der Waals surface area contributed by atoms with Crippen LogP contribution in [0.4, 0.5) is 0 Å². The van der Waals surface area contributed by atoms with Crippen molar-refractivity contribution in [3.8, 4) is 6.07 Å². The summed E-state index contributed by atoms with van der Waals surface area (Å²) in [6, 6.07) is 10.8. The number of esters is 2. The van der Waals surface area contributed by atoms with Crippen LogP contribution in [0.3, 0.4) is 0 Å². The minimum absolute atomic E-state index is 0.143. The van der Waals surface area contributed by atoms with Gasteiger partial charge in [-0.05, 0) is 42.2 Å². The molecule has 3 unspecified atom stereocenters. The average Bonchev–Trinajstić information content (AvgIpc) is 2.64. The molecule has 0 radical (unpaired) electrons. The van der Waals surface area contributed by atoms with Crippen molar-refractivity contribution in [3.63, 3.8) is 0 Å². The number of rotatable bonds is 6. The molecule has 5 heteroatoms. The van der Waals surface area contributed by atoms with Gasteiger partial charge in [0, 0.05) is 0 Å². The van der Waals surface area contributed by atoms with E-state index in [9.17, 15) is 14.9 Å². The van der Waals surface area contributed by atoms with Crippen LogP contribution in [0.1, 0.15) is 45.6 Å². The third-order valence-electron chi connectivity index (χ3n) is 5.02. The van der Waals surface area contributed by atoms with Crippen LogP contribution in [0.15, 0.2) is 35.9 Å². The van der Waals surface area contributed by atoms with E-state index in [2.05, 4.69) is 20.8 Å². The largest absolute Gasteiger partial charge is 0.460 e. The van der Waals surface area contributed by atoms with Crippen molar-refractivity contribution in [1.82, 2.24) is 0 Å². The lowest BCUT2D eigenvalue weighted by molar-refractivity contribution is -0.165. The number of hydrogen-bond donors (Lipinski definition) is 0. The number of carbonyl (C=O) groups is 2. The molecule has 0 bridgehead atoms. The average molecular weight is 369 g/mol. The number of carbonyl (C=O) groups excluding carboxylic acids is 2. The Morgan fingerprint density at radius 3 is 2.59 bits per heavy atom. The minimum Gasteiger partial charge on any atom is -0.460 e. The predicted molar refractivity (Wildman–Crippen MR) is 102 cm³/mol. The number of benzene rings is 1. The molecule has 0 aromatic heterocycles. The second kappa shape index (κ2) is 9.91. The van der Waals surface area contributed by atoms with Crippen molar-refractivity contribution in [2.75, 3.05) is 6.61 Å². The summed E-state index contributed by atoms with van der Waals surface area (Å²) in [6.07, 6.45) is 4.30. The van der Waals surface area contributed by atoms with Crippen LogP contribution < -0.4 is 0 Å². The number of nitrogens with zero attached hydrogens (tertiary/aromatic N) is 1. The zero-order valence-electron chi connectivity index (χ0n) is 16.2. The molecule has 2 rings (SSSR count). The minimum atomic E-state index is -0.823. The van der Waals surface area contributed by atoms with Gasteiger partial charge in [0.15, 0.2) is 6.61 Å². The Bertz CT molecular complexity index is 718. The van der Waals surface area contributed by atoms with Gasteiger partial charge in [0.05, 0.1) is 0 Å². The second-order valence-electron chi connectivity index (χ2n) is 7.51. The number of ether oxygens (including phenoxy) is 2. The van der Waals surface area contributed by atoms with E-state index in [1.54, 1.807) is 24.3 Å². The number of nitriles is 1.